The number of rotatable bonds is 1. The van der Waals surface area contributed by atoms with Gasteiger partial charge >= 0.3 is 0 Å². The summed E-state index contributed by atoms with van der Waals surface area (Å²) in [4.78, 5) is 0. The number of hydrogen-bond acceptors (Lipinski definition) is 0. The summed E-state index contributed by atoms with van der Waals surface area (Å²) in [5.41, 5.74) is 3.31. The maximum atomic E-state index is 6.42. The van der Waals surface area contributed by atoms with Gasteiger partial charge in [0.2, 0.25) is 0 Å². The van der Waals surface area contributed by atoms with Gasteiger partial charge < -0.3 is 4.57 Å². The molecule has 0 bridgehead atoms. The molecular formula is C18H11BrClN. The number of nitrogens with zero attached hydrogens (tertiary/aromatic N) is 1. The van der Waals surface area contributed by atoms with E-state index in [1.54, 1.807) is 0 Å². The summed E-state index contributed by atoms with van der Waals surface area (Å²) in [6.45, 7) is 0. The second-order valence-electron chi connectivity index (χ2n) is 4.94. The molecule has 4 rings (SSSR count). The van der Waals surface area contributed by atoms with Gasteiger partial charge in [0.15, 0.2) is 0 Å². The first-order chi connectivity index (χ1) is 10.3. The minimum Gasteiger partial charge on any atom is -0.308 e. The molecule has 1 aromatic heterocycles. The number of para-hydroxylation sites is 2. The van der Waals surface area contributed by atoms with Crippen molar-refractivity contribution in [1.82, 2.24) is 4.57 Å². The van der Waals surface area contributed by atoms with Crippen LogP contribution in [0.5, 0.6) is 0 Å². The molecule has 0 spiro atoms. The lowest BCUT2D eigenvalue weighted by molar-refractivity contribution is 1.18. The standard InChI is InChI=1S/C18H11BrClN/c19-13-7-5-11-17-18(13)12-6-1-3-9-15(12)21(17)16-10-4-2-8-14(16)20/h1-11H. The first kappa shape index (κ1) is 12.9. The van der Waals surface area contributed by atoms with Gasteiger partial charge in [0.25, 0.3) is 0 Å². The van der Waals surface area contributed by atoms with Crippen LogP contribution in [-0.4, -0.2) is 4.57 Å². The van der Waals surface area contributed by atoms with Crippen LogP contribution in [0.25, 0.3) is 27.5 Å². The highest BCUT2D eigenvalue weighted by atomic mass is 79.9. The molecule has 0 atom stereocenters. The average Bonchev–Trinajstić information content (AvgIpc) is 2.83. The Labute approximate surface area is 135 Å². The Hall–Kier alpha value is -1.77. The summed E-state index contributed by atoms with van der Waals surface area (Å²) >= 11 is 10.1. The van der Waals surface area contributed by atoms with Gasteiger partial charge in [0, 0.05) is 15.2 Å². The van der Waals surface area contributed by atoms with Crippen molar-refractivity contribution in [2.24, 2.45) is 0 Å². The molecule has 0 radical (unpaired) electrons. The van der Waals surface area contributed by atoms with Crippen molar-refractivity contribution in [3.05, 3.63) is 76.2 Å². The van der Waals surface area contributed by atoms with Crippen molar-refractivity contribution < 1.29 is 0 Å². The molecule has 0 saturated carbocycles. The smallest absolute Gasteiger partial charge is 0.0648 e. The number of halogens is 2. The Kier molecular flexibility index (Phi) is 3.02. The van der Waals surface area contributed by atoms with Crippen LogP contribution >= 0.6 is 27.5 Å². The molecule has 0 N–H and O–H groups in total. The molecule has 102 valence electrons. The molecule has 0 saturated heterocycles. The van der Waals surface area contributed by atoms with Crippen molar-refractivity contribution in [2.75, 3.05) is 0 Å². The van der Waals surface area contributed by atoms with Gasteiger partial charge in [-0.25, -0.2) is 0 Å². The monoisotopic (exact) mass is 355 g/mol. The topological polar surface area (TPSA) is 4.93 Å². The van der Waals surface area contributed by atoms with Crippen LogP contribution in [0.15, 0.2) is 71.2 Å². The van der Waals surface area contributed by atoms with E-state index in [0.29, 0.717) is 0 Å². The third kappa shape index (κ3) is 1.90. The van der Waals surface area contributed by atoms with E-state index in [2.05, 4.69) is 69.0 Å². The molecular weight excluding hydrogens is 346 g/mol. The van der Waals surface area contributed by atoms with E-state index < -0.39 is 0 Å². The molecule has 1 heterocycles. The maximum absolute atomic E-state index is 6.42. The third-order valence-electron chi connectivity index (χ3n) is 3.74. The van der Waals surface area contributed by atoms with Crippen LogP contribution in [0, 0.1) is 0 Å². The highest BCUT2D eigenvalue weighted by Gasteiger charge is 2.14. The largest absolute Gasteiger partial charge is 0.308 e. The van der Waals surface area contributed by atoms with E-state index in [4.69, 9.17) is 11.6 Å². The summed E-state index contributed by atoms with van der Waals surface area (Å²) in [6.07, 6.45) is 0. The second kappa shape index (κ2) is 4.90. The van der Waals surface area contributed by atoms with Gasteiger partial charge in [-0.3, -0.25) is 0 Å². The predicted octanol–water partition coefficient (Wildman–Crippen LogP) is 6.20. The van der Waals surface area contributed by atoms with E-state index in [0.717, 1.165) is 26.2 Å². The summed E-state index contributed by atoms with van der Waals surface area (Å²) in [7, 11) is 0. The molecule has 21 heavy (non-hydrogen) atoms. The first-order valence-corrected chi connectivity index (χ1v) is 7.87. The van der Waals surface area contributed by atoms with E-state index >= 15 is 0 Å². The molecule has 3 heteroatoms. The lowest BCUT2D eigenvalue weighted by Crippen LogP contribution is -1.94. The van der Waals surface area contributed by atoms with Crippen LogP contribution < -0.4 is 0 Å². The normalized spacial score (nSPS) is 11.3. The fourth-order valence-corrected chi connectivity index (χ4v) is 3.66. The zero-order valence-electron chi connectivity index (χ0n) is 11.1. The lowest BCUT2D eigenvalue weighted by atomic mass is 10.2. The summed E-state index contributed by atoms with van der Waals surface area (Å²) in [5, 5.41) is 3.19. The second-order valence-corrected chi connectivity index (χ2v) is 6.20. The van der Waals surface area contributed by atoms with Gasteiger partial charge in [0.1, 0.15) is 0 Å². The van der Waals surface area contributed by atoms with Gasteiger partial charge in [-0.05, 0) is 30.3 Å². The Balaban J connectivity index is 2.27. The zero-order valence-corrected chi connectivity index (χ0v) is 13.4. The van der Waals surface area contributed by atoms with Crippen molar-refractivity contribution in [1.29, 1.82) is 0 Å². The fraction of sp³-hybridized carbons (Fsp3) is 0. The van der Waals surface area contributed by atoms with E-state index in [1.165, 1.54) is 10.8 Å². The van der Waals surface area contributed by atoms with Gasteiger partial charge in [-0.2, -0.15) is 0 Å². The van der Waals surface area contributed by atoms with Crippen molar-refractivity contribution in [2.45, 2.75) is 0 Å². The molecule has 1 nitrogen and oxygen atoms in total. The van der Waals surface area contributed by atoms with Gasteiger partial charge in [0.05, 0.1) is 21.7 Å². The molecule has 0 unspecified atom stereocenters. The Morgan fingerprint density at radius 2 is 1.48 bits per heavy atom. The lowest BCUT2D eigenvalue weighted by Gasteiger charge is -2.09. The fourth-order valence-electron chi connectivity index (χ4n) is 2.87. The van der Waals surface area contributed by atoms with Crippen LogP contribution in [0.2, 0.25) is 5.02 Å². The summed E-state index contributed by atoms with van der Waals surface area (Å²) in [5.74, 6) is 0. The van der Waals surface area contributed by atoms with Crippen LogP contribution in [0.4, 0.5) is 0 Å². The van der Waals surface area contributed by atoms with Gasteiger partial charge in [-0.1, -0.05) is 63.9 Å². The van der Waals surface area contributed by atoms with E-state index in [9.17, 15) is 0 Å². The Morgan fingerprint density at radius 1 is 0.762 bits per heavy atom. The van der Waals surface area contributed by atoms with Crippen LogP contribution in [-0.2, 0) is 0 Å². The van der Waals surface area contributed by atoms with Crippen molar-refractivity contribution in [3.8, 4) is 5.69 Å². The highest BCUT2D eigenvalue weighted by Crippen LogP contribution is 2.37. The van der Waals surface area contributed by atoms with Gasteiger partial charge in [-0.15, -0.1) is 0 Å². The predicted molar refractivity (Wildman–Crippen MR) is 93.5 cm³/mol. The molecule has 3 aromatic carbocycles. The molecule has 0 aliphatic heterocycles. The highest BCUT2D eigenvalue weighted by molar-refractivity contribution is 9.10. The van der Waals surface area contributed by atoms with Crippen LogP contribution in [0.3, 0.4) is 0 Å². The quantitative estimate of drug-likeness (QED) is 0.382. The number of hydrogen-bond donors (Lipinski definition) is 0. The molecule has 0 fully saturated rings. The Bertz CT molecular complexity index is 971. The number of benzene rings is 3. The zero-order chi connectivity index (χ0) is 14.4. The Morgan fingerprint density at radius 3 is 2.33 bits per heavy atom. The summed E-state index contributed by atoms with van der Waals surface area (Å²) < 4.78 is 3.32. The third-order valence-corrected chi connectivity index (χ3v) is 4.72. The number of aromatic nitrogens is 1. The number of fused-ring (bicyclic) bond motifs is 3. The van der Waals surface area contributed by atoms with Crippen LogP contribution in [0.1, 0.15) is 0 Å². The van der Waals surface area contributed by atoms with Crippen molar-refractivity contribution >= 4 is 49.3 Å². The molecule has 0 aliphatic carbocycles. The maximum Gasteiger partial charge on any atom is 0.0648 e. The van der Waals surface area contributed by atoms with Crippen molar-refractivity contribution in [3.63, 3.8) is 0 Å². The SMILES string of the molecule is Clc1ccccc1-n1c2ccccc2c2c(Br)cccc21. The van der Waals surface area contributed by atoms with E-state index in [-0.39, 0.29) is 0 Å². The molecule has 0 amide bonds. The minimum absolute atomic E-state index is 0.750. The average molecular weight is 357 g/mol. The van der Waals surface area contributed by atoms with E-state index in [1.807, 2.05) is 18.2 Å². The minimum atomic E-state index is 0.750. The molecule has 0 aliphatic rings. The summed E-state index contributed by atoms with van der Waals surface area (Å²) in [6, 6.07) is 22.6. The molecule has 4 aromatic rings. The first-order valence-electron chi connectivity index (χ1n) is 6.70.